The highest BCUT2D eigenvalue weighted by molar-refractivity contribution is 9.10. The maximum absolute atomic E-state index is 7.00. The maximum Gasteiger partial charge on any atom is 0.156 e. The normalized spacial score (nSPS) is 26.0. The lowest BCUT2D eigenvalue weighted by molar-refractivity contribution is 0.136. The van der Waals surface area contributed by atoms with Crippen LogP contribution < -0.4 is 0 Å². The lowest BCUT2D eigenvalue weighted by atomic mass is 9.87. The van der Waals surface area contributed by atoms with Crippen LogP contribution in [-0.2, 0) is 15.8 Å². The van der Waals surface area contributed by atoms with Crippen LogP contribution in [0.3, 0.4) is 0 Å². The Labute approximate surface area is 191 Å². The Kier molecular flexibility index (Phi) is 4.19. The summed E-state index contributed by atoms with van der Waals surface area (Å²) in [4.78, 5) is 0. The summed E-state index contributed by atoms with van der Waals surface area (Å²) in [5.74, 6) is 1.16. The van der Waals surface area contributed by atoms with Gasteiger partial charge in [-0.25, -0.2) is 0 Å². The number of rotatable bonds is 4. The van der Waals surface area contributed by atoms with E-state index in [0.717, 1.165) is 15.8 Å². The molecule has 6 rings (SSSR count). The first-order valence-corrected chi connectivity index (χ1v) is 11.4. The molecule has 0 spiro atoms. The lowest BCUT2D eigenvalue weighted by Crippen LogP contribution is -2.18. The van der Waals surface area contributed by atoms with Gasteiger partial charge in [0.05, 0.1) is 5.41 Å². The molecule has 1 aliphatic heterocycles. The molecule has 4 aromatic rings. The Morgan fingerprint density at radius 3 is 1.84 bits per heavy atom. The Morgan fingerprint density at radius 2 is 1.19 bits per heavy atom. The summed E-state index contributed by atoms with van der Waals surface area (Å²) >= 11 is 3.61. The van der Waals surface area contributed by atoms with Crippen LogP contribution in [0.15, 0.2) is 126 Å². The topological polar surface area (TPSA) is 9.23 Å². The molecule has 1 nitrogen and oxygen atoms in total. The van der Waals surface area contributed by atoms with Crippen molar-refractivity contribution in [2.45, 2.75) is 16.9 Å². The number of halogens is 1. The first kappa shape index (κ1) is 18.7. The first-order chi connectivity index (χ1) is 15.3. The fraction of sp³-hybridized carbons (Fsp3) is 0.103. The minimum Gasteiger partial charge on any atom is -0.480 e. The van der Waals surface area contributed by atoms with E-state index in [1.807, 2.05) is 6.07 Å². The molecule has 3 atom stereocenters. The van der Waals surface area contributed by atoms with Crippen molar-refractivity contribution in [3.05, 3.63) is 148 Å². The van der Waals surface area contributed by atoms with Crippen LogP contribution in [0.25, 0.3) is 5.76 Å². The zero-order valence-corrected chi connectivity index (χ0v) is 18.5. The Bertz CT molecular complexity index is 1250. The van der Waals surface area contributed by atoms with Gasteiger partial charge in [0.1, 0.15) is 5.76 Å². The van der Waals surface area contributed by atoms with E-state index in [-0.39, 0.29) is 11.3 Å². The van der Waals surface area contributed by atoms with Crippen molar-refractivity contribution < 1.29 is 4.74 Å². The summed E-state index contributed by atoms with van der Waals surface area (Å²) in [6.45, 7) is 0. The van der Waals surface area contributed by atoms with E-state index in [1.54, 1.807) is 0 Å². The number of hydrogen-bond acceptors (Lipinski definition) is 1. The second-order valence-electron chi connectivity index (χ2n) is 8.30. The van der Waals surface area contributed by atoms with E-state index >= 15 is 0 Å². The molecule has 0 amide bonds. The van der Waals surface area contributed by atoms with Gasteiger partial charge in [0, 0.05) is 16.0 Å². The van der Waals surface area contributed by atoms with E-state index in [0.29, 0.717) is 0 Å². The minimum atomic E-state index is -0.464. The molecule has 0 saturated heterocycles. The van der Waals surface area contributed by atoms with Crippen molar-refractivity contribution >= 4 is 21.7 Å². The van der Waals surface area contributed by atoms with Gasteiger partial charge in [0.15, 0.2) is 5.60 Å². The largest absolute Gasteiger partial charge is 0.480 e. The standard InChI is InChI=1S/C29H21BrO/c30-25-18-16-23(17-19-25)28-20-26(21-10-4-1-5-11-21)31-29(28,24-14-8-3-9-15-24)27(28)22-12-6-2-7-13-22/h1-20,27H. The van der Waals surface area contributed by atoms with Crippen LogP contribution in [0.1, 0.15) is 28.2 Å². The molecule has 1 fully saturated rings. The summed E-state index contributed by atoms with van der Waals surface area (Å²) in [6, 6.07) is 40.7. The van der Waals surface area contributed by atoms with Crippen LogP contribution in [0, 0.1) is 0 Å². The fourth-order valence-corrected chi connectivity index (χ4v) is 5.71. The number of fused-ring (bicyclic) bond motifs is 1. The molecule has 31 heavy (non-hydrogen) atoms. The van der Waals surface area contributed by atoms with Gasteiger partial charge in [-0.1, -0.05) is 119 Å². The van der Waals surface area contributed by atoms with Gasteiger partial charge in [-0.2, -0.15) is 0 Å². The van der Waals surface area contributed by atoms with E-state index in [2.05, 4.69) is 131 Å². The third-order valence-corrected chi connectivity index (χ3v) is 7.27. The molecule has 2 heteroatoms. The van der Waals surface area contributed by atoms with E-state index in [9.17, 15) is 0 Å². The highest BCUT2D eigenvalue weighted by Gasteiger charge is 2.82. The zero-order chi connectivity index (χ0) is 20.9. The lowest BCUT2D eigenvalue weighted by Gasteiger charge is -2.21. The van der Waals surface area contributed by atoms with Gasteiger partial charge in [0.25, 0.3) is 0 Å². The van der Waals surface area contributed by atoms with Crippen LogP contribution >= 0.6 is 15.9 Å². The quantitative estimate of drug-likeness (QED) is 0.304. The second-order valence-corrected chi connectivity index (χ2v) is 9.21. The number of hydrogen-bond donors (Lipinski definition) is 0. The molecule has 0 bridgehead atoms. The van der Waals surface area contributed by atoms with E-state index in [1.165, 1.54) is 16.7 Å². The van der Waals surface area contributed by atoms with Gasteiger partial charge in [-0.15, -0.1) is 0 Å². The summed E-state index contributed by atoms with van der Waals surface area (Å²) in [5.41, 5.74) is 4.19. The van der Waals surface area contributed by atoms with E-state index in [4.69, 9.17) is 4.74 Å². The van der Waals surface area contributed by atoms with Crippen molar-refractivity contribution in [1.29, 1.82) is 0 Å². The predicted octanol–water partition coefficient (Wildman–Crippen LogP) is 7.45. The maximum atomic E-state index is 7.00. The molecule has 150 valence electrons. The minimum absolute atomic E-state index is 0.206. The molecule has 4 aromatic carbocycles. The van der Waals surface area contributed by atoms with Crippen LogP contribution in [0.2, 0.25) is 0 Å². The fourth-order valence-electron chi connectivity index (χ4n) is 5.44. The van der Waals surface area contributed by atoms with Gasteiger partial charge in [-0.05, 0) is 34.9 Å². The van der Waals surface area contributed by atoms with Gasteiger partial charge < -0.3 is 4.74 Å². The van der Waals surface area contributed by atoms with Crippen LogP contribution in [0.4, 0.5) is 0 Å². The van der Waals surface area contributed by atoms with Crippen LogP contribution in [0.5, 0.6) is 0 Å². The highest BCUT2D eigenvalue weighted by atomic mass is 79.9. The molecule has 0 N–H and O–H groups in total. The summed E-state index contributed by atoms with van der Waals surface area (Å²) < 4.78 is 8.08. The highest BCUT2D eigenvalue weighted by Crippen LogP contribution is 2.80. The summed E-state index contributed by atoms with van der Waals surface area (Å²) in [6.07, 6.45) is 2.37. The Hall–Kier alpha value is -3.10. The summed E-state index contributed by atoms with van der Waals surface area (Å²) in [7, 11) is 0. The third kappa shape index (κ3) is 2.61. The average Bonchev–Trinajstić information content (AvgIpc) is 3.26. The van der Waals surface area contributed by atoms with Crippen molar-refractivity contribution in [1.82, 2.24) is 0 Å². The number of ether oxygens (including phenoxy) is 1. The molecule has 3 unspecified atom stereocenters. The zero-order valence-electron chi connectivity index (χ0n) is 16.9. The smallest absolute Gasteiger partial charge is 0.156 e. The number of benzene rings is 4. The molecule has 1 heterocycles. The molecule has 0 aromatic heterocycles. The SMILES string of the molecule is Brc1ccc(C23C=C(c4ccccc4)OC2(c2ccccc2)C3c2ccccc2)cc1. The Morgan fingerprint density at radius 1 is 0.613 bits per heavy atom. The van der Waals surface area contributed by atoms with Crippen LogP contribution in [-0.4, -0.2) is 0 Å². The van der Waals surface area contributed by atoms with E-state index < -0.39 is 5.60 Å². The molecule has 0 radical (unpaired) electrons. The van der Waals surface area contributed by atoms with Crippen molar-refractivity contribution in [2.75, 3.05) is 0 Å². The van der Waals surface area contributed by atoms with Crippen molar-refractivity contribution in [3.8, 4) is 0 Å². The molecule has 1 saturated carbocycles. The second kappa shape index (κ2) is 6.96. The van der Waals surface area contributed by atoms with Gasteiger partial charge >= 0.3 is 0 Å². The van der Waals surface area contributed by atoms with Crippen molar-refractivity contribution in [2.24, 2.45) is 0 Å². The molecule has 1 aliphatic carbocycles. The van der Waals surface area contributed by atoms with Gasteiger partial charge in [0.2, 0.25) is 0 Å². The average molecular weight is 465 g/mol. The Balaban J connectivity index is 1.62. The molecule has 2 aliphatic rings. The third-order valence-electron chi connectivity index (χ3n) is 6.74. The molecular weight excluding hydrogens is 444 g/mol. The van der Waals surface area contributed by atoms with Gasteiger partial charge in [-0.3, -0.25) is 0 Å². The monoisotopic (exact) mass is 464 g/mol. The first-order valence-electron chi connectivity index (χ1n) is 10.6. The predicted molar refractivity (Wildman–Crippen MR) is 129 cm³/mol. The van der Waals surface area contributed by atoms with Crippen molar-refractivity contribution in [3.63, 3.8) is 0 Å². The summed E-state index contributed by atoms with van der Waals surface area (Å²) in [5, 5.41) is 0. The molecular formula is C29H21BrO.